The number of ether oxygens (including phenoxy) is 1. The van der Waals surface area contributed by atoms with Gasteiger partial charge in [-0.25, -0.2) is 8.42 Å². The Bertz CT molecular complexity index is 981. The van der Waals surface area contributed by atoms with Gasteiger partial charge in [-0.1, -0.05) is 18.2 Å². The summed E-state index contributed by atoms with van der Waals surface area (Å²) in [4.78, 5) is 2.12. The Kier molecular flexibility index (Phi) is 4.68. The number of hydrogen-bond donors (Lipinski definition) is 0. The molecule has 2 aromatic carbocycles. The summed E-state index contributed by atoms with van der Waals surface area (Å²) in [7, 11) is -3.33. The van der Waals surface area contributed by atoms with Gasteiger partial charge in [0.1, 0.15) is 17.3 Å². The van der Waals surface area contributed by atoms with Gasteiger partial charge >= 0.3 is 0 Å². The number of benzene rings is 2. The fourth-order valence-electron chi connectivity index (χ4n) is 3.71. The molecule has 0 aromatic heterocycles. The van der Waals surface area contributed by atoms with Crippen molar-refractivity contribution in [1.82, 2.24) is 4.90 Å². The Morgan fingerprint density at radius 3 is 2.48 bits per heavy atom. The largest absolute Gasteiger partial charge is 0.457 e. The molecule has 1 atom stereocenters. The van der Waals surface area contributed by atoms with E-state index in [9.17, 15) is 8.42 Å². The zero-order valence-corrected chi connectivity index (χ0v) is 16.5. The van der Waals surface area contributed by atoms with E-state index in [1.54, 1.807) is 0 Å². The maximum absolute atomic E-state index is 12.0. The van der Waals surface area contributed by atoms with Crippen molar-refractivity contribution in [3.8, 4) is 11.5 Å². The van der Waals surface area contributed by atoms with Gasteiger partial charge in [-0.15, -0.1) is 4.40 Å². The summed E-state index contributed by atoms with van der Waals surface area (Å²) in [5.74, 6) is 2.44. The van der Waals surface area contributed by atoms with Crippen molar-refractivity contribution in [2.45, 2.75) is 32.6 Å². The molecule has 2 aliphatic rings. The molecule has 0 radical (unpaired) electrons. The third-order valence-electron chi connectivity index (χ3n) is 5.40. The molecular formula is C21H24N2O3S. The zero-order chi connectivity index (χ0) is 19.0. The predicted molar refractivity (Wildman–Crippen MR) is 107 cm³/mol. The molecule has 6 heteroatoms. The highest BCUT2D eigenvalue weighted by molar-refractivity contribution is 7.90. The lowest BCUT2D eigenvalue weighted by Gasteiger charge is -2.37. The highest BCUT2D eigenvalue weighted by Gasteiger charge is 2.33. The second-order valence-electron chi connectivity index (χ2n) is 7.33. The third kappa shape index (κ3) is 3.86. The van der Waals surface area contributed by atoms with E-state index >= 15 is 0 Å². The second kappa shape index (κ2) is 7.00. The van der Waals surface area contributed by atoms with Gasteiger partial charge in [0.2, 0.25) is 0 Å². The van der Waals surface area contributed by atoms with Crippen molar-refractivity contribution in [2.75, 3.05) is 18.8 Å². The molecule has 1 saturated heterocycles. The van der Waals surface area contributed by atoms with Crippen LogP contribution in [0, 0.1) is 13.8 Å². The lowest BCUT2D eigenvalue weighted by molar-refractivity contribution is 0.366. The molecule has 0 bridgehead atoms. The van der Waals surface area contributed by atoms with Crippen molar-refractivity contribution in [3.05, 3.63) is 59.2 Å². The average Bonchev–Trinajstić information content (AvgIpc) is 2.64. The Balaban J connectivity index is 1.56. The van der Waals surface area contributed by atoms with Crippen LogP contribution in [0.3, 0.4) is 0 Å². The number of aryl methyl sites for hydroxylation is 2. The minimum atomic E-state index is -3.33. The molecule has 1 unspecified atom stereocenters. The molecule has 2 aromatic rings. The van der Waals surface area contributed by atoms with Crippen LogP contribution in [-0.2, 0) is 10.0 Å². The number of nitrogens with zero attached hydrogens (tertiary/aromatic N) is 2. The van der Waals surface area contributed by atoms with Crippen LogP contribution in [0.15, 0.2) is 46.9 Å². The first kappa shape index (κ1) is 18.0. The van der Waals surface area contributed by atoms with E-state index < -0.39 is 10.0 Å². The van der Waals surface area contributed by atoms with Crippen LogP contribution in [0.25, 0.3) is 0 Å². The summed E-state index contributed by atoms with van der Waals surface area (Å²) >= 11 is 0. The summed E-state index contributed by atoms with van der Waals surface area (Å²) in [5, 5.41) is 0. The fourth-order valence-corrected chi connectivity index (χ4v) is 4.78. The minimum absolute atomic E-state index is 0.0319. The van der Waals surface area contributed by atoms with Crippen LogP contribution in [0.2, 0.25) is 0 Å². The normalized spacial score (nSPS) is 21.3. The molecular weight excluding hydrogens is 360 g/mol. The van der Waals surface area contributed by atoms with Gasteiger partial charge in [-0.05, 0) is 67.6 Å². The molecule has 0 amide bonds. The number of hydrogen-bond acceptors (Lipinski definition) is 4. The van der Waals surface area contributed by atoms with Crippen LogP contribution in [0.4, 0.5) is 0 Å². The Morgan fingerprint density at radius 1 is 1.00 bits per heavy atom. The molecule has 5 nitrogen and oxygen atoms in total. The van der Waals surface area contributed by atoms with Crippen LogP contribution in [0.5, 0.6) is 11.5 Å². The second-order valence-corrected chi connectivity index (χ2v) is 9.09. The number of fused-ring (bicyclic) bond motifs is 1. The van der Waals surface area contributed by atoms with Crippen molar-refractivity contribution in [3.63, 3.8) is 0 Å². The van der Waals surface area contributed by atoms with E-state index in [2.05, 4.69) is 29.2 Å². The molecule has 0 N–H and O–H groups in total. The minimum Gasteiger partial charge on any atom is -0.457 e. The first-order valence-corrected chi connectivity index (χ1v) is 10.9. The van der Waals surface area contributed by atoms with Crippen LogP contribution in [0.1, 0.15) is 35.4 Å². The maximum Gasteiger partial charge on any atom is 0.256 e. The molecule has 2 aliphatic heterocycles. The lowest BCUT2D eigenvalue weighted by Crippen LogP contribution is -2.46. The molecule has 0 saturated carbocycles. The van der Waals surface area contributed by atoms with E-state index in [1.807, 2.05) is 36.4 Å². The third-order valence-corrected chi connectivity index (χ3v) is 6.57. The summed E-state index contributed by atoms with van der Waals surface area (Å²) in [6.45, 7) is 5.58. The fraction of sp³-hybridized carbons (Fsp3) is 0.381. The van der Waals surface area contributed by atoms with Crippen molar-refractivity contribution < 1.29 is 13.2 Å². The van der Waals surface area contributed by atoms with Gasteiger partial charge in [-0.3, -0.25) is 0 Å². The molecule has 0 spiro atoms. The van der Waals surface area contributed by atoms with E-state index in [0.717, 1.165) is 36.4 Å². The van der Waals surface area contributed by atoms with Crippen LogP contribution in [-0.4, -0.2) is 38.0 Å². The molecule has 4 rings (SSSR count). The predicted octanol–water partition coefficient (Wildman–Crippen LogP) is 4.02. The first-order valence-electron chi connectivity index (χ1n) is 9.34. The highest BCUT2D eigenvalue weighted by Crippen LogP contribution is 2.33. The SMILES string of the molecule is Cc1ccc(Oc2ccc(C3CCCN4CCS(=O)(=O)N=C34)cc2)cc1C. The van der Waals surface area contributed by atoms with Gasteiger partial charge < -0.3 is 9.64 Å². The van der Waals surface area contributed by atoms with Gasteiger partial charge in [-0.2, -0.15) is 0 Å². The van der Waals surface area contributed by atoms with E-state index in [1.165, 1.54) is 11.1 Å². The van der Waals surface area contributed by atoms with Gasteiger partial charge in [0.05, 0.1) is 5.75 Å². The number of amidine groups is 1. The monoisotopic (exact) mass is 384 g/mol. The summed E-state index contributed by atoms with van der Waals surface area (Å²) in [6, 6.07) is 14.0. The van der Waals surface area contributed by atoms with E-state index in [4.69, 9.17) is 4.74 Å². The summed E-state index contributed by atoms with van der Waals surface area (Å²) in [5.41, 5.74) is 3.52. The summed E-state index contributed by atoms with van der Waals surface area (Å²) in [6.07, 6.45) is 1.97. The highest BCUT2D eigenvalue weighted by atomic mass is 32.2. The van der Waals surface area contributed by atoms with E-state index in [-0.39, 0.29) is 11.7 Å². The van der Waals surface area contributed by atoms with Gasteiger partial charge in [0.25, 0.3) is 10.0 Å². The molecule has 27 heavy (non-hydrogen) atoms. The number of rotatable bonds is 3. The van der Waals surface area contributed by atoms with Crippen molar-refractivity contribution in [1.29, 1.82) is 0 Å². The molecule has 142 valence electrons. The van der Waals surface area contributed by atoms with Crippen molar-refractivity contribution >= 4 is 15.9 Å². The van der Waals surface area contributed by atoms with Crippen LogP contribution < -0.4 is 4.74 Å². The molecule has 1 fully saturated rings. The number of piperidine rings is 1. The lowest BCUT2D eigenvalue weighted by atomic mass is 9.89. The standard InChI is InChI=1S/C21H24N2O3S/c1-15-5-8-19(14-16(15)2)26-18-9-6-17(7-10-18)20-4-3-11-23-12-13-27(24,25)22-21(20)23/h5-10,14,20H,3-4,11-13H2,1-2H3. The number of sulfonamides is 1. The smallest absolute Gasteiger partial charge is 0.256 e. The van der Waals surface area contributed by atoms with Gasteiger partial charge in [0, 0.05) is 19.0 Å². The quantitative estimate of drug-likeness (QED) is 0.802. The van der Waals surface area contributed by atoms with Crippen molar-refractivity contribution in [2.24, 2.45) is 4.40 Å². The van der Waals surface area contributed by atoms with Crippen LogP contribution >= 0.6 is 0 Å². The van der Waals surface area contributed by atoms with Gasteiger partial charge in [0.15, 0.2) is 0 Å². The molecule has 2 heterocycles. The Hall–Kier alpha value is -2.34. The Morgan fingerprint density at radius 2 is 1.74 bits per heavy atom. The maximum atomic E-state index is 12.0. The van der Waals surface area contributed by atoms with E-state index in [0.29, 0.717) is 12.4 Å². The zero-order valence-electron chi connectivity index (χ0n) is 15.7. The first-order chi connectivity index (χ1) is 12.9. The average molecular weight is 385 g/mol. The Labute approximate surface area is 160 Å². The molecule has 0 aliphatic carbocycles. The summed E-state index contributed by atoms with van der Waals surface area (Å²) < 4.78 is 34.0. The topological polar surface area (TPSA) is 59.0 Å².